The van der Waals surface area contributed by atoms with E-state index < -0.39 is 5.60 Å². The summed E-state index contributed by atoms with van der Waals surface area (Å²) >= 11 is 0. The maximum absolute atomic E-state index is 11.4. The third-order valence-electron chi connectivity index (χ3n) is 2.36. The molecule has 1 amide bonds. The second kappa shape index (κ2) is 2.44. The molecule has 4 heteroatoms. The van der Waals surface area contributed by atoms with Gasteiger partial charge in [0.1, 0.15) is 0 Å². The van der Waals surface area contributed by atoms with Gasteiger partial charge in [-0.1, -0.05) is 0 Å². The Kier molecular flexibility index (Phi) is 1.63. The number of β-amino-alcohol motifs (C(OH)–C–C–N with tert-alkyl or cyclic N) is 1. The van der Waals surface area contributed by atoms with Crippen LogP contribution in [0.4, 0.5) is 0 Å². The fraction of sp³-hybridized carbons (Fsp3) is 0.875. The van der Waals surface area contributed by atoms with Crippen LogP contribution in [0, 0.1) is 5.92 Å². The number of ether oxygens (including phenoxy) is 1. The van der Waals surface area contributed by atoms with Gasteiger partial charge in [-0.3, -0.25) is 4.79 Å². The molecule has 0 aromatic carbocycles. The summed E-state index contributed by atoms with van der Waals surface area (Å²) < 4.78 is 4.92. The maximum Gasteiger partial charge on any atom is 0.230 e. The van der Waals surface area contributed by atoms with E-state index in [9.17, 15) is 9.90 Å². The lowest BCUT2D eigenvalue weighted by Gasteiger charge is -2.46. The Hall–Kier alpha value is -0.610. The quantitative estimate of drug-likeness (QED) is 0.563. The molecular formula is C8H13NO3. The van der Waals surface area contributed by atoms with E-state index in [1.807, 2.05) is 0 Å². The molecule has 0 aromatic rings. The normalized spacial score (nSPS) is 27.7. The predicted octanol–water partition coefficient (Wildman–Crippen LogP) is -0.774. The second-order valence-electron chi connectivity index (χ2n) is 3.93. The van der Waals surface area contributed by atoms with Gasteiger partial charge in [0, 0.05) is 0 Å². The molecule has 0 bridgehead atoms. The summed E-state index contributed by atoms with van der Waals surface area (Å²) in [5, 5.41) is 9.38. The number of rotatable bonds is 1. The molecule has 0 unspecified atom stereocenters. The van der Waals surface area contributed by atoms with Crippen molar-refractivity contribution in [2.24, 2.45) is 5.92 Å². The molecule has 0 saturated carbocycles. The zero-order valence-electron chi connectivity index (χ0n) is 7.12. The first kappa shape index (κ1) is 8.01. The first-order chi connectivity index (χ1) is 5.58. The van der Waals surface area contributed by atoms with Crippen LogP contribution in [0.2, 0.25) is 0 Å². The summed E-state index contributed by atoms with van der Waals surface area (Å²) in [7, 11) is 0. The topological polar surface area (TPSA) is 49.8 Å². The number of aliphatic hydroxyl groups is 1. The van der Waals surface area contributed by atoms with Gasteiger partial charge >= 0.3 is 0 Å². The van der Waals surface area contributed by atoms with Crippen LogP contribution in [0.3, 0.4) is 0 Å². The lowest BCUT2D eigenvalue weighted by molar-refractivity contribution is -0.169. The maximum atomic E-state index is 11.4. The van der Waals surface area contributed by atoms with Crippen molar-refractivity contribution in [1.29, 1.82) is 0 Å². The number of carbonyl (C=O) groups is 1. The summed E-state index contributed by atoms with van der Waals surface area (Å²) in [5.41, 5.74) is -0.653. The fourth-order valence-electron chi connectivity index (χ4n) is 1.57. The van der Waals surface area contributed by atoms with E-state index in [1.54, 1.807) is 11.8 Å². The van der Waals surface area contributed by atoms with Gasteiger partial charge in [0.2, 0.25) is 5.91 Å². The second-order valence-corrected chi connectivity index (χ2v) is 3.93. The van der Waals surface area contributed by atoms with Crippen LogP contribution in [0.1, 0.15) is 6.92 Å². The predicted molar refractivity (Wildman–Crippen MR) is 41.5 cm³/mol. The number of hydrogen-bond donors (Lipinski definition) is 1. The molecule has 2 aliphatic heterocycles. The number of nitrogens with zero attached hydrogens (tertiary/aromatic N) is 1. The molecule has 2 saturated heterocycles. The molecular weight excluding hydrogens is 158 g/mol. The smallest absolute Gasteiger partial charge is 0.230 e. The highest BCUT2D eigenvalue weighted by Crippen LogP contribution is 2.24. The van der Waals surface area contributed by atoms with Crippen LogP contribution in [0.15, 0.2) is 0 Å². The Morgan fingerprint density at radius 3 is 2.50 bits per heavy atom. The van der Waals surface area contributed by atoms with Crippen molar-refractivity contribution in [2.75, 3.05) is 26.3 Å². The molecule has 0 aliphatic carbocycles. The van der Waals surface area contributed by atoms with Crippen LogP contribution in [-0.4, -0.2) is 47.8 Å². The third-order valence-corrected chi connectivity index (χ3v) is 2.36. The van der Waals surface area contributed by atoms with Gasteiger partial charge in [-0.25, -0.2) is 0 Å². The van der Waals surface area contributed by atoms with Crippen LogP contribution >= 0.6 is 0 Å². The molecule has 0 aromatic heterocycles. The number of likely N-dealkylation sites (tertiary alicyclic amines) is 1. The van der Waals surface area contributed by atoms with Gasteiger partial charge in [0.05, 0.1) is 37.8 Å². The lowest BCUT2D eigenvalue weighted by Crippen LogP contribution is -2.64. The summed E-state index contributed by atoms with van der Waals surface area (Å²) in [6.07, 6.45) is 0. The molecule has 2 fully saturated rings. The zero-order chi connectivity index (χ0) is 8.77. The summed E-state index contributed by atoms with van der Waals surface area (Å²) in [4.78, 5) is 13.1. The highest BCUT2D eigenvalue weighted by molar-refractivity contribution is 5.80. The Morgan fingerprint density at radius 2 is 2.17 bits per heavy atom. The number of carbonyl (C=O) groups excluding carboxylic acids is 1. The van der Waals surface area contributed by atoms with Gasteiger partial charge in [0.15, 0.2) is 0 Å². The molecule has 0 spiro atoms. The van der Waals surface area contributed by atoms with Crippen LogP contribution in [0.25, 0.3) is 0 Å². The standard InChI is InChI=1S/C8H13NO3/c1-8(11)4-9(5-8)7(10)6-2-12-3-6/h6,11H,2-5H2,1H3. The van der Waals surface area contributed by atoms with Crippen molar-refractivity contribution in [2.45, 2.75) is 12.5 Å². The van der Waals surface area contributed by atoms with Crippen molar-refractivity contribution in [1.82, 2.24) is 4.90 Å². The third kappa shape index (κ3) is 1.21. The largest absolute Gasteiger partial charge is 0.386 e. The van der Waals surface area contributed by atoms with E-state index in [2.05, 4.69) is 0 Å². The first-order valence-corrected chi connectivity index (χ1v) is 4.17. The van der Waals surface area contributed by atoms with E-state index in [4.69, 9.17) is 4.74 Å². The van der Waals surface area contributed by atoms with Crippen molar-refractivity contribution in [3.8, 4) is 0 Å². The van der Waals surface area contributed by atoms with Gasteiger partial charge in [0.25, 0.3) is 0 Å². The molecule has 0 radical (unpaired) electrons. The lowest BCUT2D eigenvalue weighted by atomic mass is 9.94. The van der Waals surface area contributed by atoms with Crippen molar-refractivity contribution in [3.05, 3.63) is 0 Å². The monoisotopic (exact) mass is 171 g/mol. The zero-order valence-corrected chi connectivity index (χ0v) is 7.12. The van der Waals surface area contributed by atoms with Crippen molar-refractivity contribution < 1.29 is 14.6 Å². The van der Waals surface area contributed by atoms with Crippen LogP contribution in [0.5, 0.6) is 0 Å². The van der Waals surface area contributed by atoms with E-state index in [0.29, 0.717) is 26.3 Å². The van der Waals surface area contributed by atoms with Crippen LogP contribution < -0.4 is 0 Å². The van der Waals surface area contributed by atoms with Crippen molar-refractivity contribution >= 4 is 5.91 Å². The Bertz CT molecular complexity index is 202. The van der Waals surface area contributed by atoms with Gasteiger partial charge < -0.3 is 14.7 Å². The highest BCUT2D eigenvalue weighted by Gasteiger charge is 2.42. The van der Waals surface area contributed by atoms with Crippen LogP contribution in [-0.2, 0) is 9.53 Å². The molecule has 1 N–H and O–H groups in total. The summed E-state index contributed by atoms with van der Waals surface area (Å²) in [6, 6.07) is 0. The van der Waals surface area contributed by atoms with E-state index in [0.717, 1.165) is 0 Å². The minimum Gasteiger partial charge on any atom is -0.386 e. The minimum absolute atomic E-state index is 0.0566. The van der Waals surface area contributed by atoms with Gasteiger partial charge in [-0.05, 0) is 6.92 Å². The van der Waals surface area contributed by atoms with E-state index >= 15 is 0 Å². The molecule has 2 heterocycles. The highest BCUT2D eigenvalue weighted by atomic mass is 16.5. The first-order valence-electron chi connectivity index (χ1n) is 4.17. The Balaban J connectivity index is 1.83. The van der Waals surface area contributed by atoms with E-state index in [1.165, 1.54) is 0 Å². The molecule has 68 valence electrons. The van der Waals surface area contributed by atoms with Gasteiger partial charge in [-0.2, -0.15) is 0 Å². The fourth-order valence-corrected chi connectivity index (χ4v) is 1.57. The molecule has 4 nitrogen and oxygen atoms in total. The van der Waals surface area contributed by atoms with Gasteiger partial charge in [-0.15, -0.1) is 0 Å². The average Bonchev–Trinajstić information content (AvgIpc) is 1.77. The Labute approximate surface area is 71.1 Å². The molecule has 2 rings (SSSR count). The SMILES string of the molecule is CC1(O)CN(C(=O)C2COC2)C1. The molecule has 0 atom stereocenters. The summed E-state index contributed by atoms with van der Waals surface area (Å²) in [5.74, 6) is 0.189. The number of hydrogen-bond acceptors (Lipinski definition) is 3. The van der Waals surface area contributed by atoms with E-state index in [-0.39, 0.29) is 11.8 Å². The molecule has 2 aliphatic rings. The summed E-state index contributed by atoms with van der Waals surface area (Å²) in [6.45, 7) is 3.80. The number of amides is 1. The average molecular weight is 171 g/mol. The van der Waals surface area contributed by atoms with Crippen molar-refractivity contribution in [3.63, 3.8) is 0 Å². The molecule has 12 heavy (non-hydrogen) atoms. The Morgan fingerprint density at radius 1 is 1.58 bits per heavy atom. The minimum atomic E-state index is -0.653.